The number of hydrogen-bond acceptors (Lipinski definition) is 4. The average molecular weight is 366 g/mol. The molecule has 0 bridgehead atoms. The summed E-state index contributed by atoms with van der Waals surface area (Å²) in [5, 5.41) is 2.85. The smallest absolute Gasteiger partial charge is 0.338 e. The minimum Gasteiger partial charge on any atom is -0.462 e. The molecular weight excluding hydrogens is 344 g/mol. The Labute approximate surface area is 158 Å². The van der Waals surface area contributed by atoms with Crippen LogP contribution < -0.4 is 5.32 Å². The van der Waals surface area contributed by atoms with Crippen LogP contribution in [0.25, 0.3) is 0 Å². The lowest BCUT2D eigenvalue weighted by molar-refractivity contribution is -0.128. The highest BCUT2D eigenvalue weighted by Gasteiger charge is 2.42. The molecule has 0 spiro atoms. The lowest BCUT2D eigenvalue weighted by atomic mass is 9.93. The van der Waals surface area contributed by atoms with E-state index >= 15 is 0 Å². The molecule has 6 nitrogen and oxygen atoms in total. The second-order valence-electron chi connectivity index (χ2n) is 6.46. The van der Waals surface area contributed by atoms with Gasteiger partial charge in [0, 0.05) is 19.2 Å². The monoisotopic (exact) mass is 366 g/mol. The highest BCUT2D eigenvalue weighted by Crippen LogP contribution is 2.37. The summed E-state index contributed by atoms with van der Waals surface area (Å²) in [6.07, 6.45) is 0.169. The van der Waals surface area contributed by atoms with E-state index in [4.69, 9.17) is 4.74 Å². The molecule has 2 atom stereocenters. The number of anilines is 1. The molecule has 1 heterocycles. The van der Waals surface area contributed by atoms with Gasteiger partial charge in [0.1, 0.15) is 0 Å². The van der Waals surface area contributed by atoms with Gasteiger partial charge in [-0.3, -0.25) is 9.59 Å². The predicted octanol–water partition coefficient (Wildman–Crippen LogP) is 3.02. The molecule has 0 aliphatic carbocycles. The number of carbonyl (C=O) groups is 3. The molecule has 0 radical (unpaired) electrons. The maximum atomic E-state index is 12.8. The number of nitrogens with one attached hydrogen (secondary N) is 1. The number of benzene rings is 2. The van der Waals surface area contributed by atoms with Gasteiger partial charge in [0.25, 0.3) is 0 Å². The summed E-state index contributed by atoms with van der Waals surface area (Å²) < 4.78 is 4.95. The summed E-state index contributed by atoms with van der Waals surface area (Å²) >= 11 is 0. The fourth-order valence-corrected chi connectivity index (χ4v) is 3.35. The maximum absolute atomic E-state index is 12.8. The number of likely N-dealkylation sites (tertiary alicyclic amines) is 1. The summed E-state index contributed by atoms with van der Waals surface area (Å²) in [6.45, 7) is 2.05. The first kappa shape index (κ1) is 18.6. The van der Waals surface area contributed by atoms with E-state index in [0.717, 1.165) is 5.56 Å². The van der Waals surface area contributed by atoms with Crippen LogP contribution in [0.5, 0.6) is 0 Å². The van der Waals surface area contributed by atoms with Crippen LogP contribution in [0.1, 0.15) is 35.3 Å². The van der Waals surface area contributed by atoms with Crippen LogP contribution in [0.15, 0.2) is 54.6 Å². The Kier molecular flexibility index (Phi) is 5.54. The molecule has 2 amide bonds. The molecule has 1 N–H and O–H groups in total. The van der Waals surface area contributed by atoms with Crippen LogP contribution in [-0.4, -0.2) is 36.3 Å². The van der Waals surface area contributed by atoms with Crippen molar-refractivity contribution in [2.75, 3.05) is 19.0 Å². The van der Waals surface area contributed by atoms with Crippen molar-refractivity contribution in [2.24, 2.45) is 5.92 Å². The lowest BCUT2D eigenvalue weighted by Gasteiger charge is -2.25. The van der Waals surface area contributed by atoms with Crippen LogP contribution in [-0.2, 0) is 14.3 Å². The summed E-state index contributed by atoms with van der Waals surface area (Å²) in [6, 6.07) is 15.8. The average Bonchev–Trinajstić information content (AvgIpc) is 2.98. The number of carbonyl (C=O) groups excluding carboxylic acids is 3. The molecule has 0 saturated carbocycles. The second-order valence-corrected chi connectivity index (χ2v) is 6.46. The molecule has 27 heavy (non-hydrogen) atoms. The molecule has 140 valence electrons. The molecule has 0 unspecified atom stereocenters. The second kappa shape index (κ2) is 8.03. The fourth-order valence-electron chi connectivity index (χ4n) is 3.35. The zero-order valence-electron chi connectivity index (χ0n) is 15.3. The largest absolute Gasteiger partial charge is 0.462 e. The summed E-state index contributed by atoms with van der Waals surface area (Å²) in [5.41, 5.74) is 1.93. The molecule has 2 aromatic carbocycles. The zero-order valence-corrected chi connectivity index (χ0v) is 15.3. The van der Waals surface area contributed by atoms with E-state index in [2.05, 4.69) is 5.32 Å². The van der Waals surface area contributed by atoms with Gasteiger partial charge >= 0.3 is 5.97 Å². The van der Waals surface area contributed by atoms with Gasteiger partial charge in [0.05, 0.1) is 24.1 Å². The lowest BCUT2D eigenvalue weighted by Crippen LogP contribution is -2.30. The number of nitrogens with zero attached hydrogens (tertiary/aromatic N) is 1. The van der Waals surface area contributed by atoms with E-state index < -0.39 is 11.9 Å². The van der Waals surface area contributed by atoms with Crippen LogP contribution in [0.2, 0.25) is 0 Å². The predicted molar refractivity (Wildman–Crippen MR) is 101 cm³/mol. The Hall–Kier alpha value is -3.15. The van der Waals surface area contributed by atoms with Crippen molar-refractivity contribution >= 4 is 23.5 Å². The highest BCUT2D eigenvalue weighted by atomic mass is 16.5. The van der Waals surface area contributed by atoms with E-state index in [9.17, 15) is 14.4 Å². The number of amides is 2. The van der Waals surface area contributed by atoms with Crippen molar-refractivity contribution in [3.63, 3.8) is 0 Å². The molecule has 1 saturated heterocycles. The molecule has 1 aliphatic heterocycles. The van der Waals surface area contributed by atoms with E-state index in [-0.39, 0.29) is 24.3 Å². The number of ether oxygens (including phenoxy) is 1. The minimum atomic E-state index is -0.477. The van der Waals surface area contributed by atoms with Crippen LogP contribution >= 0.6 is 0 Å². The Morgan fingerprint density at radius 1 is 1.11 bits per heavy atom. The topological polar surface area (TPSA) is 75.7 Å². The Morgan fingerprint density at radius 2 is 1.78 bits per heavy atom. The van der Waals surface area contributed by atoms with E-state index in [0.29, 0.717) is 17.9 Å². The molecule has 1 fully saturated rings. The normalized spacial score (nSPS) is 19.0. The van der Waals surface area contributed by atoms with Gasteiger partial charge in [-0.05, 0) is 36.8 Å². The number of rotatable bonds is 5. The summed E-state index contributed by atoms with van der Waals surface area (Å²) in [4.78, 5) is 38.4. The van der Waals surface area contributed by atoms with Crippen molar-refractivity contribution in [1.29, 1.82) is 0 Å². The van der Waals surface area contributed by atoms with Gasteiger partial charge in [0.15, 0.2) is 0 Å². The van der Waals surface area contributed by atoms with Crippen molar-refractivity contribution in [3.05, 3.63) is 65.7 Å². The van der Waals surface area contributed by atoms with E-state index in [1.807, 2.05) is 30.3 Å². The van der Waals surface area contributed by atoms with Crippen LogP contribution in [0.4, 0.5) is 5.69 Å². The van der Waals surface area contributed by atoms with Crippen molar-refractivity contribution in [2.45, 2.75) is 19.4 Å². The number of esters is 1. The van der Waals surface area contributed by atoms with Crippen LogP contribution in [0.3, 0.4) is 0 Å². The quantitative estimate of drug-likeness (QED) is 0.826. The fraction of sp³-hybridized carbons (Fsp3) is 0.286. The molecule has 2 aromatic rings. The zero-order chi connectivity index (χ0) is 19.4. The van der Waals surface area contributed by atoms with Crippen LogP contribution in [0, 0.1) is 5.92 Å². The first-order valence-electron chi connectivity index (χ1n) is 8.90. The van der Waals surface area contributed by atoms with Gasteiger partial charge in [-0.1, -0.05) is 30.3 Å². The molecular formula is C21H22N2O4. The Morgan fingerprint density at radius 3 is 2.41 bits per heavy atom. The number of hydrogen-bond donors (Lipinski definition) is 1. The standard InChI is InChI=1S/C21H22N2O4/c1-3-27-21(26)15-9-11-16(12-10-15)22-20(25)17-13-18(24)23(2)19(17)14-7-5-4-6-8-14/h4-12,17,19H,3,13H2,1-2H3,(H,22,25)/t17-,19-/m1/s1. The Bertz CT molecular complexity index is 833. The van der Waals surface area contributed by atoms with Crippen molar-refractivity contribution in [3.8, 4) is 0 Å². The van der Waals surface area contributed by atoms with Gasteiger partial charge < -0.3 is 15.0 Å². The molecule has 0 aromatic heterocycles. The van der Waals surface area contributed by atoms with Gasteiger partial charge in [-0.25, -0.2) is 4.79 Å². The summed E-state index contributed by atoms with van der Waals surface area (Å²) in [5.74, 6) is -1.15. The Balaban J connectivity index is 1.74. The molecule has 1 aliphatic rings. The van der Waals surface area contributed by atoms with Gasteiger partial charge in [0.2, 0.25) is 11.8 Å². The maximum Gasteiger partial charge on any atom is 0.338 e. The minimum absolute atomic E-state index is 0.0540. The first-order chi connectivity index (χ1) is 13.0. The third-order valence-corrected chi connectivity index (χ3v) is 4.73. The third-order valence-electron chi connectivity index (χ3n) is 4.73. The third kappa shape index (κ3) is 4.00. The van der Waals surface area contributed by atoms with Gasteiger partial charge in [-0.15, -0.1) is 0 Å². The summed E-state index contributed by atoms with van der Waals surface area (Å²) in [7, 11) is 1.72. The van der Waals surface area contributed by atoms with Crippen molar-refractivity contribution in [1.82, 2.24) is 4.90 Å². The van der Waals surface area contributed by atoms with Gasteiger partial charge in [-0.2, -0.15) is 0 Å². The SMILES string of the molecule is CCOC(=O)c1ccc(NC(=O)[C@@H]2CC(=O)N(C)[C@@H]2c2ccccc2)cc1. The van der Waals surface area contributed by atoms with E-state index in [1.54, 1.807) is 43.1 Å². The highest BCUT2D eigenvalue weighted by molar-refractivity contribution is 5.98. The molecule has 6 heteroatoms. The first-order valence-corrected chi connectivity index (χ1v) is 8.90. The molecule has 3 rings (SSSR count). The van der Waals surface area contributed by atoms with E-state index in [1.165, 1.54) is 0 Å². The van der Waals surface area contributed by atoms with Crippen molar-refractivity contribution < 1.29 is 19.1 Å².